The average Bonchev–Trinajstić information content (AvgIpc) is 2.73. The van der Waals surface area contributed by atoms with Gasteiger partial charge in [-0.15, -0.1) is 0 Å². The predicted molar refractivity (Wildman–Crippen MR) is 134 cm³/mol. The minimum atomic E-state index is -5.17. The predicted octanol–water partition coefficient (Wildman–Crippen LogP) is 2.30. The Morgan fingerprint density at radius 3 is 0.824 bits per heavy atom. The fraction of sp³-hybridized carbons (Fsp3) is 1.00. The summed E-state index contributed by atoms with van der Waals surface area (Å²) in [6.07, 6.45) is 31.1. The van der Waals surface area contributed by atoms with Gasteiger partial charge in [0, 0.05) is 23.6 Å². The first-order valence-corrected chi connectivity index (χ1v) is 15.0. The van der Waals surface area contributed by atoms with Crippen LogP contribution in [-0.2, 0) is 15.1 Å². The molecule has 0 aliphatic rings. The van der Waals surface area contributed by atoms with Gasteiger partial charge in [0.25, 0.3) is 0 Å². The van der Waals surface area contributed by atoms with Crippen molar-refractivity contribution >= 4 is 10.4 Å². The molecule has 0 bridgehead atoms. The molecule has 0 atom stereocenters. The van der Waals surface area contributed by atoms with Crippen molar-refractivity contribution in [1.29, 1.82) is 0 Å². The Kier molecular flexibility index (Phi) is 46.7. The molecular weight excluding hydrogens is 470 g/mol. The molecule has 0 N–H and O–H groups in total. The van der Waals surface area contributed by atoms with Gasteiger partial charge in [0.2, 0.25) is 0 Å². The Morgan fingerprint density at radius 1 is 0.441 bits per heavy atom. The molecule has 0 spiro atoms. The van der Waals surface area contributed by atoms with Crippen LogP contribution in [0.4, 0.5) is 0 Å². The van der Waals surface area contributed by atoms with Crippen molar-refractivity contribution < 1.29 is 81.4 Å². The molecule has 0 aliphatic heterocycles. The van der Waals surface area contributed by atoms with E-state index in [2.05, 4.69) is 13.8 Å². The second-order valence-corrected chi connectivity index (χ2v) is 9.91. The summed E-state index contributed by atoms with van der Waals surface area (Å²) < 4.78 is 39.9. The van der Waals surface area contributed by atoms with Gasteiger partial charge in [0.1, 0.15) is 0 Å². The summed E-state index contributed by atoms with van der Waals surface area (Å²) in [4.78, 5) is 0. The summed E-state index contributed by atoms with van der Waals surface area (Å²) >= 11 is 0. The number of unbranched alkanes of at least 4 members (excludes halogenated alkanes) is 20. The molecule has 0 rings (SSSR count). The van der Waals surface area contributed by atoms with Gasteiger partial charge in [-0.05, 0) is 12.8 Å². The minimum Gasteiger partial charge on any atom is -0.759 e. The van der Waals surface area contributed by atoms with E-state index in [-0.39, 0.29) is 59.1 Å². The summed E-state index contributed by atoms with van der Waals surface area (Å²) in [5.74, 6) is 0. The molecule has 0 unspecified atom stereocenters. The van der Waals surface area contributed by atoms with E-state index in [0.29, 0.717) is 0 Å². The Balaban J connectivity index is -0.000000578. The van der Waals surface area contributed by atoms with Gasteiger partial charge in [-0.25, -0.2) is 0 Å². The zero-order valence-electron chi connectivity index (χ0n) is 23.4. The topological polar surface area (TPSA) is 89.5 Å². The van der Waals surface area contributed by atoms with Gasteiger partial charge in [0.05, 0.1) is 0 Å². The number of hydrogen-bond donors (Lipinski definition) is 0. The maximum Gasteiger partial charge on any atom is 1.00 e. The van der Waals surface area contributed by atoms with E-state index in [1.54, 1.807) is 0 Å². The molecule has 0 heterocycles. The van der Waals surface area contributed by atoms with Crippen LogP contribution in [0.2, 0.25) is 0 Å². The fourth-order valence-electron chi connectivity index (χ4n) is 3.84. The quantitative estimate of drug-likeness (QED) is 0.0837. The van der Waals surface area contributed by atoms with Crippen LogP contribution in [0.3, 0.4) is 0 Å². The largest absolute Gasteiger partial charge is 1.00 e. The van der Waals surface area contributed by atoms with E-state index in [1.165, 1.54) is 141 Å². The second kappa shape index (κ2) is 37.0. The molecule has 0 fully saturated rings. The van der Waals surface area contributed by atoms with Crippen molar-refractivity contribution in [2.75, 3.05) is 13.2 Å². The molecule has 34 heavy (non-hydrogen) atoms. The number of rotatable bonds is 24. The summed E-state index contributed by atoms with van der Waals surface area (Å²) in [6, 6.07) is 0. The molecule has 8 heteroatoms. The third-order valence-electron chi connectivity index (χ3n) is 5.78. The van der Waals surface area contributed by atoms with Crippen molar-refractivity contribution in [1.82, 2.24) is 0 Å². The average molecular weight is 525 g/mol. The number of ether oxygens (including phenoxy) is 1. The SMILES string of the molecule is CCCCCCCCCCCCCCOCCCCCCCCCCCC.O=S(=O)([O-])[O-].[Na+].[Na+]. The third-order valence-corrected chi connectivity index (χ3v) is 5.78. The first-order valence-electron chi connectivity index (χ1n) is 13.7. The van der Waals surface area contributed by atoms with Gasteiger partial charge < -0.3 is 13.8 Å². The van der Waals surface area contributed by atoms with Crippen LogP contribution in [0.1, 0.15) is 155 Å². The summed E-state index contributed by atoms with van der Waals surface area (Å²) in [5.41, 5.74) is 0. The zero-order valence-corrected chi connectivity index (χ0v) is 28.2. The molecule has 0 aliphatic carbocycles. The zero-order chi connectivity index (χ0) is 24.2. The molecule has 0 saturated heterocycles. The van der Waals surface area contributed by atoms with Gasteiger partial charge in [-0.1, -0.05) is 142 Å². The first-order chi connectivity index (χ1) is 15.4. The summed E-state index contributed by atoms with van der Waals surface area (Å²) in [7, 11) is -5.17. The monoisotopic (exact) mass is 524 g/mol. The molecule has 196 valence electrons. The van der Waals surface area contributed by atoms with Crippen molar-refractivity contribution in [3.63, 3.8) is 0 Å². The van der Waals surface area contributed by atoms with Crippen LogP contribution in [-0.4, -0.2) is 30.7 Å². The van der Waals surface area contributed by atoms with Crippen LogP contribution in [0.5, 0.6) is 0 Å². The van der Waals surface area contributed by atoms with Crippen molar-refractivity contribution in [3.05, 3.63) is 0 Å². The Morgan fingerprint density at radius 2 is 0.618 bits per heavy atom. The van der Waals surface area contributed by atoms with Crippen molar-refractivity contribution in [2.24, 2.45) is 0 Å². The molecule has 0 aromatic carbocycles. The molecule has 5 nitrogen and oxygen atoms in total. The Hall–Kier alpha value is 1.83. The normalized spacial score (nSPS) is 10.7. The van der Waals surface area contributed by atoms with Gasteiger partial charge in [-0.3, -0.25) is 8.42 Å². The van der Waals surface area contributed by atoms with Crippen LogP contribution in [0, 0.1) is 0 Å². The molecule has 0 amide bonds. The standard InChI is InChI=1S/C26H54O.2Na.H2O4S/c1-3-5-7-9-11-13-15-16-18-20-22-24-26-27-25-23-21-19-17-14-12-10-8-6-4-2;;;1-5(2,3)4/h3-26H2,1-2H3;;;(H2,1,2,3,4)/q;2*+1;/p-2. The summed E-state index contributed by atoms with van der Waals surface area (Å²) in [5, 5.41) is 0. The maximum atomic E-state index is 8.52. The van der Waals surface area contributed by atoms with E-state index >= 15 is 0 Å². The molecule has 0 saturated carbocycles. The molecule has 0 aromatic heterocycles. The van der Waals surface area contributed by atoms with E-state index < -0.39 is 10.4 Å². The van der Waals surface area contributed by atoms with Crippen molar-refractivity contribution in [3.8, 4) is 0 Å². The third kappa shape index (κ3) is 54.7. The van der Waals surface area contributed by atoms with Crippen LogP contribution in [0.15, 0.2) is 0 Å². The Bertz CT molecular complexity index is 405. The summed E-state index contributed by atoms with van der Waals surface area (Å²) in [6.45, 7) is 6.58. The van der Waals surface area contributed by atoms with Crippen LogP contribution in [0.25, 0.3) is 0 Å². The number of hydrogen-bond acceptors (Lipinski definition) is 5. The van der Waals surface area contributed by atoms with Gasteiger partial charge >= 0.3 is 59.1 Å². The molecular formula is C26H54Na2O5S. The van der Waals surface area contributed by atoms with E-state index in [0.717, 1.165) is 13.2 Å². The van der Waals surface area contributed by atoms with E-state index in [9.17, 15) is 0 Å². The smallest absolute Gasteiger partial charge is 0.759 e. The Labute approximate surface area is 257 Å². The second-order valence-electron chi connectivity index (χ2n) is 9.09. The first kappa shape index (κ1) is 42.9. The van der Waals surface area contributed by atoms with Crippen molar-refractivity contribution in [2.45, 2.75) is 155 Å². The fourth-order valence-corrected chi connectivity index (χ4v) is 3.84. The van der Waals surface area contributed by atoms with Crippen LogP contribution >= 0.6 is 0 Å². The van der Waals surface area contributed by atoms with E-state index in [1.807, 2.05) is 0 Å². The van der Waals surface area contributed by atoms with Gasteiger partial charge in [0.15, 0.2) is 0 Å². The molecule has 0 radical (unpaired) electrons. The van der Waals surface area contributed by atoms with Gasteiger partial charge in [-0.2, -0.15) is 0 Å². The van der Waals surface area contributed by atoms with Crippen LogP contribution < -0.4 is 59.1 Å². The molecule has 0 aromatic rings. The minimum absolute atomic E-state index is 0. The van der Waals surface area contributed by atoms with E-state index in [4.69, 9.17) is 22.3 Å². The maximum absolute atomic E-state index is 8.52.